The first-order valence-electron chi connectivity index (χ1n) is 11.3. The second-order valence-corrected chi connectivity index (χ2v) is 8.43. The van der Waals surface area contributed by atoms with Gasteiger partial charge < -0.3 is 15.8 Å². The van der Waals surface area contributed by atoms with Crippen LogP contribution in [0.1, 0.15) is 31.0 Å². The Balaban J connectivity index is 1.54. The molecule has 4 heterocycles. The molecule has 10 nitrogen and oxygen atoms in total. The third-order valence-corrected chi connectivity index (χ3v) is 6.25. The fourth-order valence-corrected chi connectivity index (χ4v) is 4.38. The summed E-state index contributed by atoms with van der Waals surface area (Å²) in [5.74, 6) is -2.22. The van der Waals surface area contributed by atoms with Gasteiger partial charge in [-0.25, -0.2) is 9.37 Å². The van der Waals surface area contributed by atoms with Gasteiger partial charge in [0.2, 0.25) is 5.82 Å². The van der Waals surface area contributed by atoms with Crippen molar-refractivity contribution in [1.29, 1.82) is 0 Å². The number of methoxy groups -OCH3 is 1. The maximum absolute atomic E-state index is 14.8. The van der Waals surface area contributed by atoms with Crippen LogP contribution in [0.4, 0.5) is 14.6 Å². The molecule has 0 aliphatic carbocycles. The molecule has 12 heteroatoms. The predicted octanol–water partition coefficient (Wildman–Crippen LogP) is 3.08. The Kier molecular flexibility index (Phi) is 6.12. The van der Waals surface area contributed by atoms with Crippen molar-refractivity contribution in [2.45, 2.75) is 32.2 Å². The van der Waals surface area contributed by atoms with E-state index in [0.29, 0.717) is 11.6 Å². The Hall–Kier alpha value is -3.93. The number of aryl methyl sites for hydroxylation is 1. The van der Waals surface area contributed by atoms with E-state index in [9.17, 15) is 8.78 Å². The smallest absolute Gasteiger partial charge is 0.202 e. The Morgan fingerprint density at radius 1 is 1.14 bits per heavy atom. The number of nitrogens with zero attached hydrogens (tertiary/aromatic N) is 7. The van der Waals surface area contributed by atoms with Crippen molar-refractivity contribution in [3.8, 4) is 34.0 Å². The fourth-order valence-electron chi connectivity index (χ4n) is 4.38. The number of aromatic nitrogens is 7. The molecule has 1 atom stereocenters. The summed E-state index contributed by atoms with van der Waals surface area (Å²) in [6, 6.07) is 4.74. The van der Waals surface area contributed by atoms with Gasteiger partial charge in [-0.3, -0.25) is 4.68 Å². The Morgan fingerprint density at radius 2 is 2.00 bits per heavy atom. The van der Waals surface area contributed by atoms with E-state index in [1.807, 2.05) is 17.8 Å². The fraction of sp³-hybridized carbons (Fsp3) is 0.348. The summed E-state index contributed by atoms with van der Waals surface area (Å²) in [6.07, 6.45) is 6.83. The summed E-state index contributed by atoms with van der Waals surface area (Å²) in [6.45, 7) is 3.91. The van der Waals surface area contributed by atoms with Gasteiger partial charge in [0.1, 0.15) is 11.5 Å². The van der Waals surface area contributed by atoms with E-state index < -0.39 is 11.6 Å². The molecule has 3 N–H and O–H groups in total. The minimum atomic E-state index is -1.14. The van der Waals surface area contributed by atoms with E-state index in [-0.39, 0.29) is 23.1 Å². The second-order valence-electron chi connectivity index (χ2n) is 8.43. The SMILES string of the molecule is COc1ccc(-n2nnnc2-c2cc(-c3cn(C4CCCNCC4)nc3C)cnc2N)c(F)c1F. The zero-order chi connectivity index (χ0) is 24.5. The maximum atomic E-state index is 14.8. The lowest BCUT2D eigenvalue weighted by atomic mass is 10.1. The van der Waals surface area contributed by atoms with Crippen molar-refractivity contribution in [2.75, 3.05) is 25.9 Å². The monoisotopic (exact) mass is 481 g/mol. The Bertz CT molecular complexity index is 1360. The summed E-state index contributed by atoms with van der Waals surface area (Å²) >= 11 is 0. The van der Waals surface area contributed by atoms with E-state index in [2.05, 4.69) is 25.8 Å². The molecule has 35 heavy (non-hydrogen) atoms. The molecule has 0 bridgehead atoms. The lowest BCUT2D eigenvalue weighted by molar-refractivity contribution is 0.371. The van der Waals surface area contributed by atoms with Gasteiger partial charge in [0.05, 0.1) is 24.4 Å². The van der Waals surface area contributed by atoms with E-state index >= 15 is 0 Å². The summed E-state index contributed by atoms with van der Waals surface area (Å²) in [7, 11) is 1.26. The van der Waals surface area contributed by atoms with Gasteiger partial charge in [-0.05, 0) is 67.9 Å². The molecular formula is C23H25F2N9O. The topological polar surface area (TPSA) is 122 Å². The molecule has 182 valence electrons. The number of nitrogens with one attached hydrogen (secondary N) is 1. The van der Waals surface area contributed by atoms with Crippen LogP contribution in [0.15, 0.2) is 30.6 Å². The van der Waals surface area contributed by atoms with Crippen molar-refractivity contribution in [3.63, 3.8) is 0 Å². The van der Waals surface area contributed by atoms with Gasteiger partial charge in [-0.15, -0.1) is 5.10 Å². The van der Waals surface area contributed by atoms with E-state index in [1.54, 1.807) is 12.3 Å². The largest absolute Gasteiger partial charge is 0.494 e. The highest BCUT2D eigenvalue weighted by atomic mass is 19.2. The van der Waals surface area contributed by atoms with Crippen LogP contribution >= 0.6 is 0 Å². The van der Waals surface area contributed by atoms with Gasteiger partial charge in [0.25, 0.3) is 0 Å². The number of hydrogen-bond acceptors (Lipinski definition) is 8. The van der Waals surface area contributed by atoms with Gasteiger partial charge >= 0.3 is 0 Å². The average molecular weight is 482 g/mol. The summed E-state index contributed by atoms with van der Waals surface area (Å²) in [5.41, 5.74) is 8.88. The maximum Gasteiger partial charge on any atom is 0.202 e. The van der Waals surface area contributed by atoms with Crippen LogP contribution in [0, 0.1) is 18.6 Å². The lowest BCUT2D eigenvalue weighted by Gasteiger charge is -2.14. The lowest BCUT2D eigenvalue weighted by Crippen LogP contribution is -2.15. The van der Waals surface area contributed by atoms with Crippen LogP contribution in [0.25, 0.3) is 28.2 Å². The molecule has 4 aromatic rings. The van der Waals surface area contributed by atoms with Crippen LogP contribution in [0.2, 0.25) is 0 Å². The number of ether oxygens (including phenoxy) is 1. The third kappa shape index (κ3) is 4.20. The Labute approximate surface area is 200 Å². The van der Waals surface area contributed by atoms with Crippen molar-refractivity contribution in [1.82, 2.24) is 40.3 Å². The van der Waals surface area contributed by atoms with Crippen molar-refractivity contribution in [2.24, 2.45) is 0 Å². The number of nitrogens with two attached hydrogens (primary N) is 1. The number of nitrogen functional groups attached to an aromatic ring is 1. The van der Waals surface area contributed by atoms with Crippen molar-refractivity contribution < 1.29 is 13.5 Å². The summed E-state index contributed by atoms with van der Waals surface area (Å²) < 4.78 is 37.1. The number of pyridine rings is 1. The quantitative estimate of drug-likeness (QED) is 0.446. The molecule has 0 radical (unpaired) electrons. The molecule has 0 saturated carbocycles. The normalized spacial score (nSPS) is 16.3. The van der Waals surface area contributed by atoms with E-state index in [4.69, 9.17) is 15.6 Å². The van der Waals surface area contributed by atoms with E-state index in [1.165, 1.54) is 19.2 Å². The number of benzene rings is 1. The molecular weight excluding hydrogens is 456 g/mol. The Morgan fingerprint density at radius 3 is 2.83 bits per heavy atom. The molecule has 1 aromatic carbocycles. The molecule has 0 spiro atoms. The standard InChI is InChI=1S/C23H25F2N9O/c1-13-17(12-33(30-13)15-4-3-8-27-9-7-15)14-10-16(22(26)28-11-14)23-29-31-32-34(23)18-5-6-19(35-2)21(25)20(18)24/h5-6,10-12,15,27H,3-4,7-9H2,1-2H3,(H2,26,28). The zero-order valence-corrected chi connectivity index (χ0v) is 19.4. The number of hydrogen-bond donors (Lipinski definition) is 2. The minimum absolute atomic E-state index is 0.125. The van der Waals surface area contributed by atoms with Crippen LogP contribution in [-0.4, -0.2) is 55.2 Å². The highest BCUT2D eigenvalue weighted by Crippen LogP contribution is 2.33. The highest BCUT2D eigenvalue weighted by Gasteiger charge is 2.23. The van der Waals surface area contributed by atoms with Crippen molar-refractivity contribution in [3.05, 3.63) is 47.9 Å². The summed E-state index contributed by atoms with van der Waals surface area (Å²) in [4.78, 5) is 4.33. The molecule has 1 unspecified atom stereocenters. The molecule has 1 aliphatic rings. The molecule has 0 amide bonds. The average Bonchev–Trinajstić information content (AvgIpc) is 3.39. The van der Waals surface area contributed by atoms with Crippen molar-refractivity contribution >= 4 is 5.82 Å². The summed E-state index contributed by atoms with van der Waals surface area (Å²) in [5, 5.41) is 19.7. The minimum Gasteiger partial charge on any atom is -0.494 e. The van der Waals surface area contributed by atoms with Gasteiger partial charge in [-0.1, -0.05) is 0 Å². The zero-order valence-electron chi connectivity index (χ0n) is 19.4. The first kappa shape index (κ1) is 22.8. The van der Waals surface area contributed by atoms with Crippen LogP contribution in [0.5, 0.6) is 5.75 Å². The number of tetrazole rings is 1. The number of anilines is 1. The van der Waals surface area contributed by atoms with Crippen LogP contribution in [0.3, 0.4) is 0 Å². The highest BCUT2D eigenvalue weighted by molar-refractivity contribution is 5.77. The molecule has 5 rings (SSSR count). The van der Waals surface area contributed by atoms with Gasteiger partial charge in [0, 0.05) is 23.5 Å². The molecule has 3 aromatic heterocycles. The number of halogens is 2. The molecule has 1 aliphatic heterocycles. The second kappa shape index (κ2) is 9.37. The first-order chi connectivity index (χ1) is 17.0. The van der Waals surface area contributed by atoms with Gasteiger partial charge in [0.15, 0.2) is 17.4 Å². The van der Waals surface area contributed by atoms with Crippen LogP contribution < -0.4 is 15.8 Å². The molecule has 1 saturated heterocycles. The van der Waals surface area contributed by atoms with Gasteiger partial charge in [-0.2, -0.15) is 14.2 Å². The van der Waals surface area contributed by atoms with E-state index in [0.717, 1.165) is 53.9 Å². The predicted molar refractivity (Wildman–Crippen MR) is 125 cm³/mol. The van der Waals surface area contributed by atoms with Crippen LogP contribution in [-0.2, 0) is 0 Å². The molecule has 1 fully saturated rings. The third-order valence-electron chi connectivity index (χ3n) is 6.25. The first-order valence-corrected chi connectivity index (χ1v) is 11.3. The number of rotatable bonds is 5.